The van der Waals surface area contributed by atoms with Gasteiger partial charge in [-0.15, -0.1) is 0 Å². The molecule has 11 rings (SSSR count). The molecule has 418 valence electrons. The first-order chi connectivity index (χ1) is 37.8. The van der Waals surface area contributed by atoms with Gasteiger partial charge in [0.1, 0.15) is 23.9 Å². The fourth-order valence-corrected chi connectivity index (χ4v) is 11.1. The van der Waals surface area contributed by atoms with Crippen LogP contribution in [0, 0.1) is 0 Å². The molecule has 80 heavy (non-hydrogen) atoms. The Labute approximate surface area is 477 Å². The predicted molar refractivity (Wildman–Crippen MR) is 312 cm³/mol. The van der Waals surface area contributed by atoms with E-state index in [2.05, 4.69) is 60.4 Å². The number of aliphatic hydroxyl groups is 2. The summed E-state index contributed by atoms with van der Waals surface area (Å²) in [5.74, 6) is 0. The molecule has 0 radical (unpaired) electrons. The SMILES string of the molecule is Brc1ccc2ncnn2c1.C[C@@H](c1ccc(-c2ccc3ncnn3c2)cc1)N1CC[C@](CC(C)(C)O)(c2ccccc2)OC1=O.C[C@@H](c1ccc(B2OC(C)(C)C(C)(C)O2)cc1)N1CC[C@](CC(C)(C)O)(c2ccccc2)OC1=O. The van der Waals surface area contributed by atoms with E-state index in [0.717, 1.165) is 54.6 Å². The number of ether oxygens (including phenoxy) is 2. The minimum Gasteiger partial charge on any atom is -0.438 e. The lowest BCUT2D eigenvalue weighted by Gasteiger charge is -2.45. The minimum atomic E-state index is -0.979. The molecule has 4 atom stereocenters. The summed E-state index contributed by atoms with van der Waals surface area (Å²) in [4.78, 5) is 38.3. The maximum atomic E-state index is 13.3. The quantitative estimate of drug-likeness (QED) is 0.111. The summed E-state index contributed by atoms with van der Waals surface area (Å²) in [6.45, 7) is 20.3. The van der Waals surface area contributed by atoms with E-state index in [-0.39, 0.29) is 24.3 Å². The van der Waals surface area contributed by atoms with Gasteiger partial charge in [0, 0.05) is 61.2 Å². The van der Waals surface area contributed by atoms with Gasteiger partial charge in [0.25, 0.3) is 0 Å². The van der Waals surface area contributed by atoms with Crippen LogP contribution in [-0.2, 0) is 30.0 Å². The lowest BCUT2D eigenvalue weighted by atomic mass is 9.78. The average molecular weight is 1150 g/mol. The molecule has 3 aliphatic rings. The van der Waals surface area contributed by atoms with Gasteiger partial charge in [-0.05, 0) is 143 Å². The van der Waals surface area contributed by atoms with Gasteiger partial charge in [0.2, 0.25) is 0 Å². The van der Waals surface area contributed by atoms with Crippen molar-refractivity contribution in [1.29, 1.82) is 0 Å². The van der Waals surface area contributed by atoms with Crippen molar-refractivity contribution in [3.63, 3.8) is 0 Å². The summed E-state index contributed by atoms with van der Waals surface area (Å²) in [5.41, 5.74) is 4.14. The molecule has 3 saturated heterocycles. The second-order valence-electron chi connectivity index (χ2n) is 23.4. The van der Waals surface area contributed by atoms with Crippen LogP contribution < -0.4 is 5.46 Å². The third-order valence-corrected chi connectivity index (χ3v) is 16.2. The first kappa shape index (κ1) is 57.7. The number of cyclic esters (lactones) is 2. The Hall–Kier alpha value is -6.96. The zero-order valence-electron chi connectivity index (χ0n) is 47.3. The molecule has 16 nitrogen and oxygen atoms in total. The van der Waals surface area contributed by atoms with Crippen LogP contribution in [0.1, 0.15) is 129 Å². The highest BCUT2D eigenvalue weighted by Gasteiger charge is 2.52. The van der Waals surface area contributed by atoms with Gasteiger partial charge in [-0.25, -0.2) is 28.6 Å². The summed E-state index contributed by atoms with van der Waals surface area (Å²) < 4.78 is 29.1. The molecule has 7 heterocycles. The average Bonchev–Trinajstić information content (AvgIpc) is 4.19. The van der Waals surface area contributed by atoms with E-state index in [9.17, 15) is 19.8 Å². The predicted octanol–water partition coefficient (Wildman–Crippen LogP) is 11.8. The molecule has 3 fully saturated rings. The molecule has 18 heteroatoms. The van der Waals surface area contributed by atoms with Crippen molar-refractivity contribution in [2.75, 3.05) is 13.1 Å². The van der Waals surface area contributed by atoms with E-state index in [1.54, 1.807) is 46.5 Å². The second kappa shape index (κ2) is 22.9. The Kier molecular flexibility index (Phi) is 16.5. The molecule has 0 unspecified atom stereocenters. The molecule has 4 aromatic carbocycles. The highest BCUT2D eigenvalue weighted by atomic mass is 79.9. The number of rotatable bonds is 12. The summed E-state index contributed by atoms with van der Waals surface area (Å²) in [5, 5.41) is 29.3. The van der Waals surface area contributed by atoms with E-state index in [1.165, 1.54) is 12.7 Å². The van der Waals surface area contributed by atoms with Crippen molar-refractivity contribution >= 4 is 52.0 Å². The lowest BCUT2D eigenvalue weighted by molar-refractivity contribution is -0.102. The molecule has 0 spiro atoms. The van der Waals surface area contributed by atoms with Crippen LogP contribution in [-0.4, -0.2) is 104 Å². The van der Waals surface area contributed by atoms with Gasteiger partial charge in [-0.2, -0.15) is 10.2 Å². The summed E-state index contributed by atoms with van der Waals surface area (Å²) >= 11 is 3.33. The number of pyridine rings is 2. The molecular weight excluding hydrogens is 1080 g/mol. The van der Waals surface area contributed by atoms with Crippen LogP contribution in [0.3, 0.4) is 0 Å². The van der Waals surface area contributed by atoms with E-state index in [1.807, 2.05) is 163 Å². The zero-order valence-corrected chi connectivity index (χ0v) is 48.9. The summed E-state index contributed by atoms with van der Waals surface area (Å²) in [6, 6.07) is 43.2. The molecule has 8 aromatic rings. The van der Waals surface area contributed by atoms with Crippen molar-refractivity contribution in [2.24, 2.45) is 0 Å². The van der Waals surface area contributed by atoms with E-state index in [4.69, 9.17) is 18.8 Å². The number of carbonyl (C=O) groups is 2. The summed E-state index contributed by atoms with van der Waals surface area (Å²) in [6.07, 6.45) is 8.03. The Morgan fingerprint density at radius 3 is 1.43 bits per heavy atom. The largest absolute Gasteiger partial charge is 0.494 e. The van der Waals surface area contributed by atoms with Crippen LogP contribution in [0.25, 0.3) is 22.4 Å². The molecule has 0 aliphatic carbocycles. The van der Waals surface area contributed by atoms with E-state index < -0.39 is 40.7 Å². The zero-order chi connectivity index (χ0) is 57.3. The Balaban J connectivity index is 0.000000164. The normalized spacial score (nSPS) is 20.7. The van der Waals surface area contributed by atoms with Crippen molar-refractivity contribution in [3.8, 4) is 11.1 Å². The van der Waals surface area contributed by atoms with Gasteiger partial charge in [0.05, 0.1) is 34.5 Å². The highest BCUT2D eigenvalue weighted by molar-refractivity contribution is 9.10. The topological polar surface area (TPSA) is 178 Å². The standard InChI is InChI=1S/C28H38BNO5.C28H30N4O3.C6H4BrN3/c1-20(21-13-15-23(16-14-21)29-34-26(4,5)27(6,7)35-29)30-18-17-28(33-24(30)31,19-25(2,3)32)22-11-9-8-10-12-22;1-20(21-9-11-22(12-10-21)23-13-14-25-29-19-30-32(25)17-23)31-16-15-28(35-26(31)33,18-27(2,3)34)24-7-5-4-6-8-24;7-5-1-2-6-8-4-9-10(6)3-5/h8-16,20,32H,17-19H2,1-7H3;4-14,17,19-20,34H,15-16,18H2,1-3H3;1-4H/t2*20-,28-;/m00./s1. The molecule has 4 aromatic heterocycles. The maximum Gasteiger partial charge on any atom is 0.494 e. The van der Waals surface area contributed by atoms with Crippen molar-refractivity contribution in [1.82, 2.24) is 39.0 Å². The number of carbonyl (C=O) groups excluding carboxylic acids is 2. The van der Waals surface area contributed by atoms with Crippen molar-refractivity contribution in [3.05, 3.63) is 185 Å². The Bertz CT molecular complexity index is 3390. The third kappa shape index (κ3) is 13.0. The van der Waals surface area contributed by atoms with Crippen LogP contribution in [0.15, 0.2) is 163 Å². The fraction of sp³-hybridized carbons (Fsp3) is 0.387. The van der Waals surface area contributed by atoms with Crippen LogP contribution in [0.4, 0.5) is 9.59 Å². The number of fused-ring (bicyclic) bond motifs is 2. The van der Waals surface area contributed by atoms with E-state index >= 15 is 0 Å². The number of aromatic nitrogens is 6. The van der Waals surface area contributed by atoms with Crippen molar-refractivity contribution in [2.45, 2.75) is 141 Å². The molecule has 0 saturated carbocycles. The first-order valence-corrected chi connectivity index (χ1v) is 28.0. The lowest BCUT2D eigenvalue weighted by Crippen LogP contribution is -2.51. The summed E-state index contributed by atoms with van der Waals surface area (Å²) in [7, 11) is -0.419. The van der Waals surface area contributed by atoms with Crippen LogP contribution in [0.5, 0.6) is 0 Å². The number of hydrogen-bond acceptors (Lipinski definition) is 12. The molecule has 0 bridgehead atoms. The molecule has 2 N–H and O–H groups in total. The van der Waals surface area contributed by atoms with E-state index in [0.29, 0.717) is 38.8 Å². The fourth-order valence-electron chi connectivity index (χ4n) is 10.8. The molecular formula is C62H72BBrN8O8. The first-order valence-electron chi connectivity index (χ1n) is 27.2. The third-order valence-electron chi connectivity index (χ3n) is 15.7. The number of nitrogens with zero attached hydrogens (tertiary/aromatic N) is 8. The Morgan fingerprint density at radius 1 is 0.575 bits per heavy atom. The number of benzene rings is 4. The van der Waals surface area contributed by atoms with Crippen molar-refractivity contribution < 1.29 is 38.6 Å². The van der Waals surface area contributed by atoms with Gasteiger partial charge >= 0.3 is 19.3 Å². The highest BCUT2D eigenvalue weighted by Crippen LogP contribution is 2.44. The number of halogens is 1. The molecule has 3 aliphatic heterocycles. The smallest absolute Gasteiger partial charge is 0.438 e. The van der Waals surface area contributed by atoms with Crippen LogP contribution in [0.2, 0.25) is 0 Å². The molecule has 2 amide bonds. The number of amides is 2. The van der Waals surface area contributed by atoms with Gasteiger partial charge in [-0.3, -0.25) is 0 Å². The van der Waals surface area contributed by atoms with Crippen LogP contribution >= 0.6 is 15.9 Å². The minimum absolute atomic E-state index is 0.148. The van der Waals surface area contributed by atoms with Gasteiger partial charge in [-0.1, -0.05) is 109 Å². The number of hydrogen-bond donors (Lipinski definition) is 2. The Morgan fingerprint density at radius 2 is 0.988 bits per heavy atom. The monoisotopic (exact) mass is 1150 g/mol. The maximum absolute atomic E-state index is 13.3. The van der Waals surface area contributed by atoms with Gasteiger partial charge < -0.3 is 38.8 Å². The second-order valence-corrected chi connectivity index (χ2v) is 24.4. The van der Waals surface area contributed by atoms with Gasteiger partial charge in [0.15, 0.2) is 11.3 Å².